The van der Waals surface area contributed by atoms with E-state index in [1.807, 2.05) is 14.0 Å². The standard InChI is InChI=1S/C25H29FN6O3/c1-13-16(11-31-24-23(13)29-7-8-34-24)15-9-14-10-20(30-12-17(14)22(27)21(15)26)32-25(33)35-19-6-4-3-5-18(19)28-2/h9-12,18-19,28-29H,3-8,27H2,1-2H3,(H,30,32,33)/t18-,19-/m1/s1. The van der Waals surface area contributed by atoms with Crippen LogP contribution in [-0.4, -0.2) is 48.4 Å². The number of nitrogens with one attached hydrogen (secondary N) is 3. The van der Waals surface area contributed by atoms with Gasteiger partial charge in [-0.3, -0.25) is 5.32 Å². The van der Waals surface area contributed by atoms with Gasteiger partial charge in [0.2, 0.25) is 5.88 Å². The molecule has 1 amide bonds. The molecule has 5 N–H and O–H groups in total. The van der Waals surface area contributed by atoms with Gasteiger partial charge in [-0.15, -0.1) is 0 Å². The van der Waals surface area contributed by atoms with Crippen LogP contribution < -0.4 is 26.4 Å². The number of anilines is 3. The number of nitrogen functional groups attached to an aromatic ring is 1. The number of carbonyl (C=O) groups is 1. The maximum Gasteiger partial charge on any atom is 0.413 e. The van der Waals surface area contributed by atoms with Crippen LogP contribution in [0.5, 0.6) is 5.88 Å². The van der Waals surface area contributed by atoms with E-state index in [9.17, 15) is 4.79 Å². The van der Waals surface area contributed by atoms with Crippen molar-refractivity contribution in [3.63, 3.8) is 0 Å². The number of fused-ring (bicyclic) bond motifs is 2. The van der Waals surface area contributed by atoms with Crippen LogP contribution in [0.15, 0.2) is 24.5 Å². The van der Waals surface area contributed by atoms with E-state index < -0.39 is 11.9 Å². The van der Waals surface area contributed by atoms with Gasteiger partial charge in [0.1, 0.15) is 24.2 Å². The lowest BCUT2D eigenvalue weighted by molar-refractivity contribution is 0.0640. The van der Waals surface area contributed by atoms with Crippen LogP contribution in [0.1, 0.15) is 31.2 Å². The molecule has 1 aromatic carbocycles. The quantitative estimate of drug-likeness (QED) is 0.410. The Hall–Kier alpha value is -3.66. The van der Waals surface area contributed by atoms with E-state index in [0.29, 0.717) is 46.7 Å². The highest BCUT2D eigenvalue weighted by molar-refractivity contribution is 5.99. The molecule has 1 aliphatic carbocycles. The molecule has 0 spiro atoms. The van der Waals surface area contributed by atoms with Gasteiger partial charge in [0.15, 0.2) is 5.82 Å². The Morgan fingerprint density at radius 3 is 2.89 bits per heavy atom. The summed E-state index contributed by atoms with van der Waals surface area (Å²) in [4.78, 5) is 21.2. The first-order chi connectivity index (χ1) is 17.0. The minimum atomic E-state index is -0.569. The normalized spacial score (nSPS) is 19.4. The number of hydrogen-bond donors (Lipinski definition) is 4. The number of halogens is 1. The number of hydrogen-bond acceptors (Lipinski definition) is 8. The summed E-state index contributed by atoms with van der Waals surface area (Å²) in [6.45, 7) is 3.06. The second-order valence-corrected chi connectivity index (χ2v) is 8.94. The van der Waals surface area contributed by atoms with Gasteiger partial charge >= 0.3 is 6.09 Å². The predicted octanol–water partition coefficient (Wildman–Crippen LogP) is 4.21. The van der Waals surface area contributed by atoms with Crippen LogP contribution in [0.25, 0.3) is 21.9 Å². The zero-order valence-corrected chi connectivity index (χ0v) is 19.8. The third kappa shape index (κ3) is 4.41. The molecular formula is C25H29FN6O3. The van der Waals surface area contributed by atoms with E-state index in [4.69, 9.17) is 15.2 Å². The number of benzene rings is 1. The fourth-order valence-electron chi connectivity index (χ4n) is 4.89. The van der Waals surface area contributed by atoms with Crippen LogP contribution in [0.4, 0.5) is 26.4 Å². The van der Waals surface area contributed by atoms with Crippen LogP contribution in [-0.2, 0) is 4.74 Å². The summed E-state index contributed by atoms with van der Waals surface area (Å²) in [7, 11) is 1.87. The van der Waals surface area contributed by atoms with Gasteiger partial charge in [0.05, 0.1) is 5.69 Å². The molecule has 35 heavy (non-hydrogen) atoms. The highest BCUT2D eigenvalue weighted by Crippen LogP contribution is 2.39. The van der Waals surface area contributed by atoms with Crippen molar-refractivity contribution in [2.24, 2.45) is 0 Å². The molecular weight excluding hydrogens is 451 g/mol. The highest BCUT2D eigenvalue weighted by atomic mass is 19.1. The van der Waals surface area contributed by atoms with Gasteiger partial charge in [-0.25, -0.2) is 19.2 Å². The van der Waals surface area contributed by atoms with Gasteiger partial charge < -0.3 is 25.8 Å². The highest BCUT2D eigenvalue weighted by Gasteiger charge is 2.27. The van der Waals surface area contributed by atoms with E-state index in [1.165, 1.54) is 6.20 Å². The Morgan fingerprint density at radius 1 is 1.23 bits per heavy atom. The lowest BCUT2D eigenvalue weighted by atomic mass is 9.92. The molecule has 2 aromatic heterocycles. The molecule has 184 valence electrons. The number of ether oxygens (including phenoxy) is 2. The number of nitrogens with two attached hydrogens (primary N) is 1. The molecule has 0 unspecified atom stereocenters. The minimum Gasteiger partial charge on any atom is -0.474 e. The number of pyridine rings is 2. The summed E-state index contributed by atoms with van der Waals surface area (Å²) < 4.78 is 26.6. The molecule has 3 aromatic rings. The Morgan fingerprint density at radius 2 is 2.06 bits per heavy atom. The number of rotatable bonds is 4. The Kier molecular flexibility index (Phi) is 6.29. The van der Waals surface area contributed by atoms with Gasteiger partial charge in [-0.1, -0.05) is 6.42 Å². The molecule has 2 aliphatic rings. The zero-order chi connectivity index (χ0) is 24.5. The van der Waals surface area contributed by atoms with Crippen molar-refractivity contribution in [1.29, 1.82) is 0 Å². The van der Waals surface area contributed by atoms with Crippen LogP contribution in [0, 0.1) is 12.7 Å². The van der Waals surface area contributed by atoms with Crippen molar-refractivity contribution in [2.45, 2.75) is 44.8 Å². The van der Waals surface area contributed by atoms with Crippen LogP contribution >= 0.6 is 0 Å². The zero-order valence-electron chi connectivity index (χ0n) is 19.8. The van der Waals surface area contributed by atoms with E-state index in [1.54, 1.807) is 18.3 Å². The largest absolute Gasteiger partial charge is 0.474 e. The summed E-state index contributed by atoms with van der Waals surface area (Å²) in [5, 5.41) is 10.3. The molecule has 2 atom stereocenters. The van der Waals surface area contributed by atoms with Crippen molar-refractivity contribution in [1.82, 2.24) is 15.3 Å². The molecule has 0 saturated heterocycles. The molecule has 10 heteroatoms. The van der Waals surface area contributed by atoms with Crippen LogP contribution in [0.2, 0.25) is 0 Å². The summed E-state index contributed by atoms with van der Waals surface area (Å²) in [6, 6.07) is 3.49. The summed E-state index contributed by atoms with van der Waals surface area (Å²) >= 11 is 0. The monoisotopic (exact) mass is 480 g/mol. The lowest BCUT2D eigenvalue weighted by Crippen LogP contribution is -2.43. The first-order valence-electron chi connectivity index (χ1n) is 11.9. The van der Waals surface area contributed by atoms with E-state index in [-0.39, 0.29) is 17.8 Å². The third-order valence-electron chi connectivity index (χ3n) is 6.80. The van der Waals surface area contributed by atoms with E-state index >= 15 is 4.39 Å². The molecule has 3 heterocycles. The molecule has 1 aliphatic heterocycles. The lowest BCUT2D eigenvalue weighted by Gasteiger charge is -2.30. The number of aromatic nitrogens is 2. The number of carbonyl (C=O) groups excluding carboxylic acids is 1. The van der Waals surface area contributed by atoms with Gasteiger partial charge in [0, 0.05) is 41.5 Å². The molecule has 0 bridgehead atoms. The third-order valence-corrected chi connectivity index (χ3v) is 6.80. The predicted molar refractivity (Wildman–Crippen MR) is 133 cm³/mol. The van der Waals surface area contributed by atoms with Crippen molar-refractivity contribution in [3.05, 3.63) is 35.9 Å². The summed E-state index contributed by atoms with van der Waals surface area (Å²) in [5.41, 5.74) is 8.62. The Balaban J connectivity index is 1.44. The molecule has 1 fully saturated rings. The number of nitrogens with zero attached hydrogens (tertiary/aromatic N) is 2. The molecule has 1 saturated carbocycles. The van der Waals surface area contributed by atoms with Gasteiger partial charge in [-0.05, 0) is 56.3 Å². The second kappa shape index (κ2) is 9.53. The van der Waals surface area contributed by atoms with E-state index in [0.717, 1.165) is 36.9 Å². The number of amides is 1. The topological polar surface area (TPSA) is 123 Å². The van der Waals surface area contributed by atoms with E-state index in [2.05, 4.69) is 25.9 Å². The fourth-order valence-corrected chi connectivity index (χ4v) is 4.89. The Bertz CT molecular complexity index is 1280. The first-order valence-corrected chi connectivity index (χ1v) is 11.9. The molecule has 5 rings (SSSR count). The van der Waals surface area contributed by atoms with Crippen LogP contribution in [0.3, 0.4) is 0 Å². The van der Waals surface area contributed by atoms with Crippen molar-refractivity contribution in [3.8, 4) is 17.0 Å². The van der Waals surface area contributed by atoms with Gasteiger partial charge in [0.25, 0.3) is 0 Å². The molecule has 9 nitrogen and oxygen atoms in total. The Labute approximate surface area is 202 Å². The molecule has 0 radical (unpaired) electrons. The van der Waals surface area contributed by atoms with Crippen molar-refractivity contribution >= 4 is 34.1 Å². The number of likely N-dealkylation sites (N-methyl/N-ethyl adjacent to an activating group) is 1. The SMILES string of the molecule is CN[C@@H]1CCCC[C@H]1OC(=O)Nc1cc2cc(-c3cnc4c(c3C)NCCO4)c(F)c(N)c2cn1. The smallest absolute Gasteiger partial charge is 0.413 e. The second-order valence-electron chi connectivity index (χ2n) is 8.94. The minimum absolute atomic E-state index is 0.0143. The average Bonchev–Trinajstić information content (AvgIpc) is 2.87. The maximum atomic E-state index is 15.3. The fraction of sp³-hybridized carbons (Fsp3) is 0.400. The first kappa shape index (κ1) is 23.1. The average molecular weight is 481 g/mol. The van der Waals surface area contributed by atoms with Gasteiger partial charge in [-0.2, -0.15) is 0 Å². The van der Waals surface area contributed by atoms with Crippen molar-refractivity contribution in [2.75, 3.05) is 36.6 Å². The summed E-state index contributed by atoms with van der Waals surface area (Å²) in [5.74, 6) is 0.252. The summed E-state index contributed by atoms with van der Waals surface area (Å²) in [6.07, 6.45) is 6.20. The van der Waals surface area contributed by atoms with Crippen molar-refractivity contribution < 1.29 is 18.7 Å². The maximum absolute atomic E-state index is 15.3.